The molecule has 1 saturated heterocycles. The highest BCUT2D eigenvalue weighted by atomic mass is 35.5. The van der Waals surface area contributed by atoms with Crippen LogP contribution in [0, 0.1) is 0 Å². The first-order valence-corrected chi connectivity index (χ1v) is 17.0. The molecule has 0 spiro atoms. The lowest BCUT2D eigenvalue weighted by molar-refractivity contribution is -0.119. The number of carbonyl (C=O) groups excluding carboxylic acids is 1. The fraction of sp³-hybridized carbons (Fsp3) is 0.297. The SMILES string of the molecule is CNCCN(C)Cc1cnc2cc(-c3cccc(-c4cccc(-c5ccc(CNC[C@H]6CCC(=O)N6)c(OC)n5)c4Cl)c3Cl)ccn2c1=O. The Kier molecular flexibility index (Phi) is 10.9. The van der Waals surface area contributed by atoms with Crippen LogP contribution in [0.5, 0.6) is 5.88 Å². The van der Waals surface area contributed by atoms with E-state index in [1.807, 2.05) is 74.8 Å². The predicted molar refractivity (Wildman–Crippen MR) is 195 cm³/mol. The lowest BCUT2D eigenvalue weighted by Gasteiger charge is -2.16. The minimum Gasteiger partial charge on any atom is -0.481 e. The lowest BCUT2D eigenvalue weighted by atomic mass is 9.97. The van der Waals surface area contributed by atoms with Crippen LogP contribution in [0.15, 0.2) is 77.9 Å². The Morgan fingerprint density at radius 1 is 1.00 bits per heavy atom. The Morgan fingerprint density at radius 2 is 1.73 bits per heavy atom. The average Bonchev–Trinajstić information content (AvgIpc) is 3.53. The zero-order valence-corrected chi connectivity index (χ0v) is 29.2. The summed E-state index contributed by atoms with van der Waals surface area (Å²) in [6.45, 7) is 3.39. The van der Waals surface area contributed by atoms with E-state index in [1.165, 1.54) is 0 Å². The highest BCUT2D eigenvalue weighted by molar-refractivity contribution is 6.39. The summed E-state index contributed by atoms with van der Waals surface area (Å²) in [4.78, 5) is 36.2. The van der Waals surface area contributed by atoms with E-state index in [-0.39, 0.29) is 17.5 Å². The molecule has 12 heteroatoms. The molecule has 0 unspecified atom stereocenters. The molecule has 1 aliphatic rings. The van der Waals surface area contributed by atoms with Gasteiger partial charge in [-0.1, -0.05) is 65.7 Å². The molecule has 0 radical (unpaired) electrons. The van der Waals surface area contributed by atoms with Crippen molar-refractivity contribution in [3.05, 3.63) is 105 Å². The Bertz CT molecular complexity index is 2050. The zero-order valence-electron chi connectivity index (χ0n) is 27.7. The number of pyridine rings is 2. The predicted octanol–water partition coefficient (Wildman–Crippen LogP) is 5.43. The van der Waals surface area contributed by atoms with Gasteiger partial charge < -0.3 is 25.6 Å². The second kappa shape index (κ2) is 15.5. The normalized spacial score (nSPS) is 14.5. The van der Waals surface area contributed by atoms with Gasteiger partial charge in [0.15, 0.2) is 0 Å². The highest BCUT2D eigenvalue weighted by Gasteiger charge is 2.21. The van der Waals surface area contributed by atoms with Crippen molar-refractivity contribution in [3.8, 4) is 39.4 Å². The van der Waals surface area contributed by atoms with Gasteiger partial charge in [0.25, 0.3) is 5.56 Å². The van der Waals surface area contributed by atoms with Gasteiger partial charge in [0, 0.05) is 85.4 Å². The molecule has 1 aliphatic heterocycles. The Morgan fingerprint density at radius 3 is 2.45 bits per heavy atom. The van der Waals surface area contributed by atoms with Crippen molar-refractivity contribution in [2.45, 2.75) is 32.0 Å². The number of methoxy groups -OCH3 is 1. The number of aromatic nitrogens is 3. The average molecular weight is 701 g/mol. The summed E-state index contributed by atoms with van der Waals surface area (Å²) in [6, 6.07) is 19.4. The number of amides is 1. The topological polar surface area (TPSA) is 113 Å². The first-order valence-electron chi connectivity index (χ1n) is 16.2. The van der Waals surface area contributed by atoms with Crippen LogP contribution in [0.25, 0.3) is 39.2 Å². The molecule has 1 fully saturated rings. The number of nitrogens with one attached hydrogen (secondary N) is 3. The molecule has 254 valence electrons. The minimum absolute atomic E-state index is 0.0927. The van der Waals surface area contributed by atoms with Gasteiger partial charge >= 0.3 is 0 Å². The van der Waals surface area contributed by atoms with Crippen LogP contribution >= 0.6 is 23.2 Å². The standard InChI is InChI=1S/C37H39Cl2N7O3/c1-40-15-17-45(2)22-25-20-42-32-18-23(14-16-46(32)37(25)48)27-6-4-7-28(34(27)38)29-8-5-9-30(35(29)39)31-12-10-24(36(44-31)49-3)19-41-21-26-11-13-33(47)43-26/h4-10,12,14,16,18,20,26,40-41H,11,13,15,17,19,21-22H2,1-3H3,(H,43,47)/t26-/m1/s1. The van der Waals surface area contributed by atoms with E-state index in [4.69, 9.17) is 32.9 Å². The molecule has 1 amide bonds. The molecule has 1 atom stereocenters. The molecule has 3 aromatic heterocycles. The molecule has 2 aromatic carbocycles. The number of nitrogens with zero attached hydrogens (tertiary/aromatic N) is 4. The maximum Gasteiger partial charge on any atom is 0.262 e. The van der Waals surface area contributed by atoms with Gasteiger partial charge in [-0.3, -0.25) is 14.0 Å². The molecule has 10 nitrogen and oxygen atoms in total. The number of halogens is 2. The summed E-state index contributed by atoms with van der Waals surface area (Å²) in [5.41, 5.74) is 6.54. The molecule has 5 aromatic rings. The van der Waals surface area contributed by atoms with Crippen LogP contribution in [-0.2, 0) is 17.9 Å². The molecular formula is C37H39Cl2N7O3. The van der Waals surface area contributed by atoms with Crippen LogP contribution in [-0.4, -0.2) is 72.1 Å². The van der Waals surface area contributed by atoms with E-state index in [9.17, 15) is 9.59 Å². The van der Waals surface area contributed by atoms with E-state index < -0.39 is 0 Å². The third kappa shape index (κ3) is 7.64. The molecular weight excluding hydrogens is 661 g/mol. The van der Waals surface area contributed by atoms with E-state index in [1.54, 1.807) is 23.9 Å². The minimum atomic E-state index is -0.0927. The molecule has 0 saturated carbocycles. The number of ether oxygens (including phenoxy) is 1. The molecule has 6 rings (SSSR count). The van der Waals surface area contributed by atoms with Gasteiger partial charge in [0.2, 0.25) is 11.8 Å². The van der Waals surface area contributed by atoms with Crippen molar-refractivity contribution in [2.24, 2.45) is 0 Å². The number of rotatable bonds is 13. The largest absolute Gasteiger partial charge is 0.481 e. The van der Waals surface area contributed by atoms with Gasteiger partial charge in [-0.2, -0.15) is 0 Å². The number of carbonyl (C=O) groups is 1. The second-order valence-electron chi connectivity index (χ2n) is 12.2. The van der Waals surface area contributed by atoms with E-state index in [0.29, 0.717) is 58.9 Å². The quantitative estimate of drug-likeness (QED) is 0.149. The summed E-state index contributed by atoms with van der Waals surface area (Å²) >= 11 is 14.2. The van der Waals surface area contributed by atoms with E-state index >= 15 is 0 Å². The number of benzene rings is 2. The fourth-order valence-corrected chi connectivity index (χ4v) is 6.77. The van der Waals surface area contributed by atoms with Crippen LogP contribution in [0.1, 0.15) is 24.0 Å². The summed E-state index contributed by atoms with van der Waals surface area (Å²) in [5, 5.41) is 10.5. The third-order valence-electron chi connectivity index (χ3n) is 8.76. The van der Waals surface area contributed by atoms with Crippen molar-refractivity contribution in [3.63, 3.8) is 0 Å². The van der Waals surface area contributed by atoms with Gasteiger partial charge in [-0.05, 0) is 44.3 Å². The Hall–Kier alpha value is -4.32. The Balaban J connectivity index is 1.25. The van der Waals surface area contributed by atoms with E-state index in [2.05, 4.69) is 25.8 Å². The fourth-order valence-electron chi connectivity index (χ4n) is 6.10. The number of hydrogen-bond donors (Lipinski definition) is 3. The molecule has 0 bridgehead atoms. The van der Waals surface area contributed by atoms with Crippen molar-refractivity contribution < 1.29 is 9.53 Å². The zero-order chi connectivity index (χ0) is 34.5. The van der Waals surface area contributed by atoms with Crippen molar-refractivity contribution in [1.29, 1.82) is 0 Å². The van der Waals surface area contributed by atoms with Crippen LogP contribution in [0.4, 0.5) is 0 Å². The third-order valence-corrected chi connectivity index (χ3v) is 9.58. The maximum atomic E-state index is 13.3. The number of likely N-dealkylation sites (N-methyl/N-ethyl adjacent to an activating group) is 2. The molecule has 49 heavy (non-hydrogen) atoms. The first-order chi connectivity index (χ1) is 23.8. The smallest absolute Gasteiger partial charge is 0.262 e. The van der Waals surface area contributed by atoms with E-state index in [0.717, 1.165) is 52.9 Å². The summed E-state index contributed by atoms with van der Waals surface area (Å²) in [6.07, 6.45) is 4.81. The number of fused-ring (bicyclic) bond motifs is 1. The summed E-state index contributed by atoms with van der Waals surface area (Å²) in [7, 11) is 5.48. The van der Waals surface area contributed by atoms with Crippen LogP contribution in [0.3, 0.4) is 0 Å². The van der Waals surface area contributed by atoms with Gasteiger partial charge in [-0.15, -0.1) is 0 Å². The van der Waals surface area contributed by atoms with Crippen molar-refractivity contribution in [2.75, 3.05) is 40.8 Å². The summed E-state index contributed by atoms with van der Waals surface area (Å²) < 4.78 is 7.21. The lowest BCUT2D eigenvalue weighted by Crippen LogP contribution is -2.35. The van der Waals surface area contributed by atoms with Gasteiger partial charge in [-0.25, -0.2) is 9.97 Å². The Labute approximate surface area is 295 Å². The van der Waals surface area contributed by atoms with Crippen molar-refractivity contribution >= 4 is 34.8 Å². The van der Waals surface area contributed by atoms with Crippen LogP contribution in [0.2, 0.25) is 10.0 Å². The van der Waals surface area contributed by atoms with Crippen molar-refractivity contribution in [1.82, 2.24) is 35.2 Å². The van der Waals surface area contributed by atoms with Crippen LogP contribution < -0.4 is 26.2 Å². The van der Waals surface area contributed by atoms with Gasteiger partial charge in [0.05, 0.1) is 28.4 Å². The highest BCUT2D eigenvalue weighted by Crippen LogP contribution is 2.42. The molecule has 0 aliphatic carbocycles. The molecule has 3 N–H and O–H groups in total. The van der Waals surface area contributed by atoms with Gasteiger partial charge in [0.1, 0.15) is 5.65 Å². The second-order valence-corrected chi connectivity index (χ2v) is 13.0. The monoisotopic (exact) mass is 699 g/mol. The molecule has 4 heterocycles. The first kappa shape index (κ1) is 34.5. The summed E-state index contributed by atoms with van der Waals surface area (Å²) in [5.74, 6) is 0.596. The maximum absolute atomic E-state index is 13.3. The number of hydrogen-bond acceptors (Lipinski definition) is 8.